The van der Waals surface area contributed by atoms with Gasteiger partial charge in [0, 0.05) is 11.6 Å². The van der Waals surface area contributed by atoms with Gasteiger partial charge in [0.05, 0.1) is 47.2 Å². The van der Waals surface area contributed by atoms with Crippen molar-refractivity contribution in [2.45, 2.75) is 46.8 Å². The van der Waals surface area contributed by atoms with Crippen molar-refractivity contribution < 1.29 is 33.3 Å². The summed E-state index contributed by atoms with van der Waals surface area (Å²) >= 11 is 1.18. The number of methoxy groups -OCH3 is 1. The molecule has 1 atom stereocenters. The predicted octanol–water partition coefficient (Wildman–Crippen LogP) is 4.86. The van der Waals surface area contributed by atoms with Gasteiger partial charge in [-0.05, 0) is 82.1 Å². The van der Waals surface area contributed by atoms with Gasteiger partial charge in [-0.25, -0.2) is 14.6 Å². The molecule has 228 valence electrons. The number of aromatic carboxylic acids is 1. The highest BCUT2D eigenvalue weighted by molar-refractivity contribution is 7.07. The van der Waals surface area contributed by atoms with Crippen LogP contribution in [-0.2, 0) is 9.53 Å². The normalized spacial score (nSPS) is 14.8. The van der Waals surface area contributed by atoms with E-state index >= 15 is 0 Å². The van der Waals surface area contributed by atoms with E-state index in [1.165, 1.54) is 29.1 Å². The third-order valence-corrected chi connectivity index (χ3v) is 8.01. The molecule has 0 fully saturated rings. The van der Waals surface area contributed by atoms with Crippen molar-refractivity contribution in [2.75, 3.05) is 13.7 Å². The summed E-state index contributed by atoms with van der Waals surface area (Å²) in [6, 6.07) is 12.8. The Morgan fingerprint density at radius 1 is 1.11 bits per heavy atom. The van der Waals surface area contributed by atoms with Crippen molar-refractivity contribution in [3.63, 3.8) is 0 Å². The van der Waals surface area contributed by atoms with Crippen LogP contribution in [-0.4, -0.2) is 41.4 Å². The minimum absolute atomic E-state index is 0.0835. The molecule has 0 spiro atoms. The summed E-state index contributed by atoms with van der Waals surface area (Å²) in [5.74, 6) is 0.404. The lowest BCUT2D eigenvalue weighted by molar-refractivity contribution is -0.139. The Balaban J connectivity index is 1.62. The molecule has 0 aliphatic carbocycles. The number of esters is 1. The number of carboxylic acid groups (broad SMARTS) is 1. The SMILES string of the molecule is CCOC(=O)C1=C(C)N=c2s/c(=C\c3ccc(-c4ccc(C(=O)O)cc4C)o3)c(=O)n2[C@@H]1c1ccc(OC(C)C)c(OC)c1. The lowest BCUT2D eigenvalue weighted by Crippen LogP contribution is -2.40. The first-order valence-electron chi connectivity index (χ1n) is 14.0. The quantitative estimate of drug-likeness (QED) is 0.264. The zero-order chi connectivity index (χ0) is 31.7. The molecule has 0 amide bonds. The van der Waals surface area contributed by atoms with Crippen molar-refractivity contribution in [1.29, 1.82) is 0 Å². The van der Waals surface area contributed by atoms with Crippen LogP contribution in [0.25, 0.3) is 17.4 Å². The lowest BCUT2D eigenvalue weighted by Gasteiger charge is -2.25. The second-order valence-electron chi connectivity index (χ2n) is 10.4. The van der Waals surface area contributed by atoms with Crippen LogP contribution < -0.4 is 24.4 Å². The Morgan fingerprint density at radius 3 is 2.55 bits per heavy atom. The first kappa shape index (κ1) is 30.6. The third-order valence-electron chi connectivity index (χ3n) is 7.02. The van der Waals surface area contributed by atoms with Crippen LogP contribution in [0.2, 0.25) is 0 Å². The molecule has 4 aromatic rings. The Bertz CT molecular complexity index is 1980. The monoisotopic (exact) mass is 616 g/mol. The van der Waals surface area contributed by atoms with E-state index in [-0.39, 0.29) is 29.4 Å². The molecule has 1 aliphatic rings. The molecule has 1 aliphatic heterocycles. The number of ether oxygens (including phenoxy) is 3. The molecule has 0 saturated carbocycles. The average molecular weight is 617 g/mol. The van der Waals surface area contributed by atoms with Crippen LogP contribution in [0.1, 0.15) is 61.0 Å². The van der Waals surface area contributed by atoms with Gasteiger partial charge in [-0.1, -0.05) is 23.5 Å². The smallest absolute Gasteiger partial charge is 0.338 e. The Morgan fingerprint density at radius 2 is 1.89 bits per heavy atom. The minimum atomic E-state index is -1.01. The Hall–Kier alpha value is -4.90. The summed E-state index contributed by atoms with van der Waals surface area (Å²) in [5.41, 5.74) is 2.65. The number of allylic oxidation sites excluding steroid dienone is 1. The number of benzene rings is 2. The second kappa shape index (κ2) is 12.4. The highest BCUT2D eigenvalue weighted by Crippen LogP contribution is 2.36. The molecule has 0 unspecified atom stereocenters. The van der Waals surface area contributed by atoms with E-state index in [0.29, 0.717) is 43.6 Å². The maximum atomic E-state index is 14.0. The van der Waals surface area contributed by atoms with Gasteiger partial charge in [0.25, 0.3) is 5.56 Å². The van der Waals surface area contributed by atoms with E-state index in [1.54, 1.807) is 62.4 Å². The van der Waals surface area contributed by atoms with Crippen LogP contribution in [0.15, 0.2) is 74.0 Å². The summed E-state index contributed by atoms with van der Waals surface area (Å²) in [4.78, 5) is 43.6. The molecule has 5 rings (SSSR count). The molecule has 11 heteroatoms. The number of hydrogen-bond donors (Lipinski definition) is 1. The summed E-state index contributed by atoms with van der Waals surface area (Å²) < 4.78 is 24.8. The number of furan rings is 1. The van der Waals surface area contributed by atoms with Gasteiger partial charge in [0.15, 0.2) is 16.3 Å². The van der Waals surface area contributed by atoms with E-state index in [1.807, 2.05) is 20.8 Å². The number of aryl methyl sites for hydroxylation is 1. The first-order chi connectivity index (χ1) is 21.0. The fraction of sp³-hybridized carbons (Fsp3) is 0.273. The zero-order valence-electron chi connectivity index (χ0n) is 25.2. The summed E-state index contributed by atoms with van der Waals surface area (Å²) in [7, 11) is 1.53. The molecular formula is C33H32N2O8S. The van der Waals surface area contributed by atoms with E-state index in [2.05, 4.69) is 4.99 Å². The van der Waals surface area contributed by atoms with Crippen LogP contribution in [0.5, 0.6) is 11.5 Å². The first-order valence-corrected chi connectivity index (χ1v) is 14.8. The second-order valence-corrected chi connectivity index (χ2v) is 11.4. The summed E-state index contributed by atoms with van der Waals surface area (Å²) in [5, 5.41) is 9.28. The van der Waals surface area contributed by atoms with Crippen LogP contribution in [0.3, 0.4) is 0 Å². The molecular weight excluding hydrogens is 584 g/mol. The van der Waals surface area contributed by atoms with E-state index < -0.39 is 18.0 Å². The van der Waals surface area contributed by atoms with Gasteiger partial charge in [0.1, 0.15) is 11.5 Å². The third kappa shape index (κ3) is 5.83. The standard InChI is InChI=1S/C33H32N2O8S/c1-7-41-32(39)28-19(5)34-33-35(29(28)20-9-12-25(42-17(2)3)26(15-20)40-6)30(36)27(44-33)16-22-10-13-24(43-22)23-11-8-21(31(37)38)14-18(23)4/h8-17,29H,7H2,1-6H3,(H,37,38)/b27-16-/t29-/m1/s1. The molecule has 0 saturated heterocycles. The molecule has 1 N–H and O–H groups in total. The minimum Gasteiger partial charge on any atom is -0.493 e. The van der Waals surface area contributed by atoms with Gasteiger partial charge in [-0.2, -0.15) is 0 Å². The van der Waals surface area contributed by atoms with Gasteiger partial charge < -0.3 is 23.7 Å². The van der Waals surface area contributed by atoms with Gasteiger partial charge in [0.2, 0.25) is 0 Å². The largest absolute Gasteiger partial charge is 0.493 e. The Labute approximate surface area is 257 Å². The lowest BCUT2D eigenvalue weighted by atomic mass is 9.95. The van der Waals surface area contributed by atoms with E-state index in [4.69, 9.17) is 18.6 Å². The molecule has 0 radical (unpaired) electrons. The number of thiazole rings is 1. The van der Waals surface area contributed by atoms with Gasteiger partial charge in [-0.15, -0.1) is 0 Å². The number of fused-ring (bicyclic) bond motifs is 1. The highest BCUT2D eigenvalue weighted by atomic mass is 32.1. The molecule has 2 aromatic heterocycles. The molecule has 2 aromatic carbocycles. The van der Waals surface area contributed by atoms with E-state index in [0.717, 1.165) is 11.1 Å². The number of carbonyl (C=O) groups is 2. The van der Waals surface area contributed by atoms with Crippen LogP contribution in [0, 0.1) is 6.92 Å². The van der Waals surface area contributed by atoms with Crippen molar-refractivity contribution in [1.82, 2.24) is 4.57 Å². The van der Waals surface area contributed by atoms with Crippen molar-refractivity contribution in [2.24, 2.45) is 4.99 Å². The predicted molar refractivity (Wildman–Crippen MR) is 165 cm³/mol. The molecule has 10 nitrogen and oxygen atoms in total. The maximum absolute atomic E-state index is 14.0. The molecule has 44 heavy (non-hydrogen) atoms. The Kier molecular flexibility index (Phi) is 8.59. The van der Waals surface area contributed by atoms with Gasteiger partial charge in [-0.3, -0.25) is 9.36 Å². The molecule has 0 bridgehead atoms. The zero-order valence-corrected chi connectivity index (χ0v) is 26.0. The van der Waals surface area contributed by atoms with Crippen molar-refractivity contribution >= 4 is 29.4 Å². The van der Waals surface area contributed by atoms with Crippen molar-refractivity contribution in [3.8, 4) is 22.8 Å². The number of aromatic nitrogens is 1. The highest BCUT2D eigenvalue weighted by Gasteiger charge is 2.34. The van der Waals surface area contributed by atoms with Crippen molar-refractivity contribution in [3.05, 3.63) is 102 Å². The molecule has 3 heterocycles. The maximum Gasteiger partial charge on any atom is 0.338 e. The number of hydrogen-bond acceptors (Lipinski definition) is 9. The number of carboxylic acids is 1. The summed E-state index contributed by atoms with van der Waals surface area (Å²) in [6.45, 7) is 9.24. The van der Waals surface area contributed by atoms with E-state index in [9.17, 15) is 19.5 Å². The number of carbonyl (C=O) groups excluding carboxylic acids is 1. The topological polar surface area (TPSA) is 130 Å². The van der Waals surface area contributed by atoms with Crippen LogP contribution in [0.4, 0.5) is 0 Å². The summed E-state index contributed by atoms with van der Waals surface area (Å²) in [6.07, 6.45) is 1.55. The average Bonchev–Trinajstić information content (AvgIpc) is 3.56. The van der Waals surface area contributed by atoms with Gasteiger partial charge >= 0.3 is 11.9 Å². The number of nitrogens with zero attached hydrogens (tertiary/aromatic N) is 2. The fourth-order valence-electron chi connectivity index (χ4n) is 5.09. The van der Waals surface area contributed by atoms with Crippen LogP contribution >= 0.6 is 11.3 Å². The number of rotatable bonds is 9. The fourth-order valence-corrected chi connectivity index (χ4v) is 6.12.